The van der Waals surface area contributed by atoms with Crippen LogP contribution in [0, 0.1) is 0 Å². The van der Waals surface area contributed by atoms with Gasteiger partial charge >= 0.3 is 0 Å². The molecule has 2 rings (SSSR count). The van der Waals surface area contributed by atoms with E-state index in [4.69, 9.17) is 27.9 Å². The molecule has 2 aromatic rings. The molecule has 21 heavy (non-hydrogen) atoms. The number of hydrogen-bond donors (Lipinski definition) is 1. The highest BCUT2D eigenvalue weighted by atomic mass is 35.5. The van der Waals surface area contributed by atoms with E-state index in [0.29, 0.717) is 11.6 Å². The highest BCUT2D eigenvalue weighted by molar-refractivity contribution is 7.99. The van der Waals surface area contributed by atoms with E-state index < -0.39 is 0 Å². The molecule has 0 aliphatic rings. The fraction of sp³-hybridized carbons (Fsp3) is 0.267. The second-order valence-corrected chi connectivity index (χ2v) is 6.28. The molecule has 0 unspecified atom stereocenters. The second-order valence-electron chi connectivity index (χ2n) is 4.34. The zero-order valence-electron chi connectivity index (χ0n) is 11.6. The van der Waals surface area contributed by atoms with Crippen LogP contribution < -0.4 is 5.32 Å². The predicted octanol–water partition coefficient (Wildman–Crippen LogP) is 4.28. The number of halogens is 2. The topological polar surface area (TPSA) is 34.1 Å². The van der Waals surface area contributed by atoms with Crippen molar-refractivity contribution < 1.29 is 4.74 Å². The maximum Gasteiger partial charge on any atom is 0.101 e. The lowest BCUT2D eigenvalue weighted by atomic mass is 10.2. The molecule has 3 nitrogen and oxygen atoms in total. The van der Waals surface area contributed by atoms with Crippen molar-refractivity contribution in [3.05, 3.63) is 52.1 Å². The number of nitrogens with zero attached hydrogens (tertiary/aromatic N) is 1. The van der Waals surface area contributed by atoms with Gasteiger partial charge in [-0.15, -0.1) is 0 Å². The van der Waals surface area contributed by atoms with Crippen molar-refractivity contribution in [3.63, 3.8) is 0 Å². The molecule has 0 atom stereocenters. The van der Waals surface area contributed by atoms with Crippen molar-refractivity contribution in [1.82, 2.24) is 10.3 Å². The first-order valence-corrected chi connectivity index (χ1v) is 8.04. The third-order valence-corrected chi connectivity index (χ3v) is 4.26. The SMILES string of the molecule is COCCNCc1ccc(Sc2ccc(Cl)cn2)cc1Cl. The Morgan fingerprint density at radius 2 is 2.10 bits per heavy atom. The molecule has 1 aromatic carbocycles. The van der Waals surface area contributed by atoms with Crippen LogP contribution in [-0.4, -0.2) is 25.2 Å². The second kappa shape index (κ2) is 8.61. The van der Waals surface area contributed by atoms with E-state index in [1.54, 1.807) is 25.1 Å². The molecule has 0 aliphatic carbocycles. The van der Waals surface area contributed by atoms with Crippen LogP contribution in [0.5, 0.6) is 0 Å². The normalized spacial score (nSPS) is 10.8. The van der Waals surface area contributed by atoms with Crippen LogP contribution in [0.2, 0.25) is 10.0 Å². The zero-order valence-corrected chi connectivity index (χ0v) is 13.9. The van der Waals surface area contributed by atoms with Crippen molar-refractivity contribution in [1.29, 1.82) is 0 Å². The van der Waals surface area contributed by atoms with Gasteiger partial charge in [0, 0.05) is 36.3 Å². The van der Waals surface area contributed by atoms with Gasteiger partial charge in [-0.05, 0) is 29.8 Å². The van der Waals surface area contributed by atoms with Crippen LogP contribution >= 0.6 is 35.0 Å². The van der Waals surface area contributed by atoms with Gasteiger partial charge in [-0.3, -0.25) is 0 Å². The van der Waals surface area contributed by atoms with E-state index in [9.17, 15) is 0 Å². The van der Waals surface area contributed by atoms with Crippen molar-refractivity contribution in [2.24, 2.45) is 0 Å². The summed E-state index contributed by atoms with van der Waals surface area (Å²) in [5.41, 5.74) is 1.07. The Morgan fingerprint density at radius 1 is 1.24 bits per heavy atom. The summed E-state index contributed by atoms with van der Waals surface area (Å²) in [6.07, 6.45) is 1.64. The lowest BCUT2D eigenvalue weighted by Crippen LogP contribution is -2.18. The minimum absolute atomic E-state index is 0.634. The number of ether oxygens (including phenoxy) is 1. The summed E-state index contributed by atoms with van der Waals surface area (Å²) in [4.78, 5) is 5.31. The average molecular weight is 343 g/mol. The fourth-order valence-electron chi connectivity index (χ4n) is 1.68. The standard InChI is InChI=1S/C15H16Cl2N2OS/c1-20-7-6-18-9-11-2-4-13(8-14(11)17)21-15-5-3-12(16)10-19-15/h2-5,8,10,18H,6-7,9H2,1H3. The van der Waals surface area contributed by atoms with E-state index in [0.717, 1.165) is 33.6 Å². The van der Waals surface area contributed by atoms with Crippen LogP contribution in [0.25, 0.3) is 0 Å². The van der Waals surface area contributed by atoms with E-state index in [1.165, 1.54) is 0 Å². The van der Waals surface area contributed by atoms with E-state index in [1.807, 2.05) is 30.3 Å². The first kappa shape index (κ1) is 16.6. The van der Waals surface area contributed by atoms with Crippen molar-refractivity contribution >= 4 is 35.0 Å². The Kier molecular flexibility index (Phi) is 6.80. The summed E-state index contributed by atoms with van der Waals surface area (Å²) in [5.74, 6) is 0. The number of hydrogen-bond acceptors (Lipinski definition) is 4. The molecule has 0 amide bonds. The Labute approximate surface area is 139 Å². The van der Waals surface area contributed by atoms with Gasteiger partial charge in [-0.25, -0.2) is 4.98 Å². The molecule has 6 heteroatoms. The molecule has 0 bridgehead atoms. The smallest absolute Gasteiger partial charge is 0.101 e. The molecule has 112 valence electrons. The molecular formula is C15H16Cl2N2OS. The largest absolute Gasteiger partial charge is 0.383 e. The van der Waals surface area contributed by atoms with Gasteiger partial charge in [0.15, 0.2) is 0 Å². The molecule has 0 radical (unpaired) electrons. The van der Waals surface area contributed by atoms with Gasteiger partial charge in [0.1, 0.15) is 5.03 Å². The van der Waals surface area contributed by atoms with Gasteiger partial charge in [-0.2, -0.15) is 0 Å². The maximum atomic E-state index is 6.31. The average Bonchev–Trinajstić information content (AvgIpc) is 2.48. The first-order valence-electron chi connectivity index (χ1n) is 6.46. The third-order valence-electron chi connectivity index (χ3n) is 2.75. The summed E-state index contributed by atoms with van der Waals surface area (Å²) in [7, 11) is 1.69. The molecular weight excluding hydrogens is 327 g/mol. The Hall–Kier alpha value is -0.780. The monoisotopic (exact) mass is 342 g/mol. The zero-order chi connectivity index (χ0) is 15.1. The van der Waals surface area contributed by atoms with Gasteiger partial charge in [-0.1, -0.05) is 41.0 Å². The minimum atomic E-state index is 0.634. The predicted molar refractivity (Wildman–Crippen MR) is 88.4 cm³/mol. The lowest BCUT2D eigenvalue weighted by Gasteiger charge is -2.08. The van der Waals surface area contributed by atoms with E-state index in [2.05, 4.69) is 10.3 Å². The van der Waals surface area contributed by atoms with Crippen molar-refractivity contribution in [2.45, 2.75) is 16.5 Å². The number of benzene rings is 1. The number of aromatic nitrogens is 1. The summed E-state index contributed by atoms with van der Waals surface area (Å²) >= 11 is 13.7. The highest BCUT2D eigenvalue weighted by Gasteiger charge is 2.04. The lowest BCUT2D eigenvalue weighted by molar-refractivity contribution is 0.199. The molecule has 0 spiro atoms. The van der Waals surface area contributed by atoms with Gasteiger partial charge < -0.3 is 10.1 Å². The van der Waals surface area contributed by atoms with Crippen LogP contribution in [0.3, 0.4) is 0 Å². The summed E-state index contributed by atoms with van der Waals surface area (Å²) in [5, 5.41) is 5.55. The maximum absolute atomic E-state index is 6.31. The summed E-state index contributed by atoms with van der Waals surface area (Å²) in [6, 6.07) is 9.74. The number of pyridine rings is 1. The quantitative estimate of drug-likeness (QED) is 0.761. The Balaban J connectivity index is 1.96. The summed E-state index contributed by atoms with van der Waals surface area (Å²) < 4.78 is 4.99. The molecule has 0 saturated heterocycles. The van der Waals surface area contributed by atoms with Gasteiger partial charge in [0.05, 0.1) is 11.6 Å². The molecule has 1 N–H and O–H groups in total. The molecule has 0 fully saturated rings. The van der Waals surface area contributed by atoms with Gasteiger partial charge in [0.25, 0.3) is 0 Å². The fourth-order valence-corrected chi connectivity index (χ4v) is 2.90. The van der Waals surface area contributed by atoms with E-state index >= 15 is 0 Å². The van der Waals surface area contributed by atoms with Crippen LogP contribution in [-0.2, 0) is 11.3 Å². The molecule has 1 aromatic heterocycles. The first-order chi connectivity index (χ1) is 10.2. The Morgan fingerprint density at radius 3 is 2.76 bits per heavy atom. The van der Waals surface area contributed by atoms with Crippen LogP contribution in [0.1, 0.15) is 5.56 Å². The number of methoxy groups -OCH3 is 1. The number of rotatable bonds is 7. The molecule has 0 aliphatic heterocycles. The number of nitrogens with one attached hydrogen (secondary N) is 1. The van der Waals surface area contributed by atoms with Gasteiger partial charge in [0.2, 0.25) is 0 Å². The molecule has 0 saturated carbocycles. The van der Waals surface area contributed by atoms with Crippen molar-refractivity contribution in [3.8, 4) is 0 Å². The molecule has 1 heterocycles. The Bertz CT molecular complexity index is 578. The van der Waals surface area contributed by atoms with Crippen LogP contribution in [0.4, 0.5) is 0 Å². The van der Waals surface area contributed by atoms with E-state index in [-0.39, 0.29) is 0 Å². The van der Waals surface area contributed by atoms with Crippen LogP contribution in [0.15, 0.2) is 46.5 Å². The third kappa shape index (κ3) is 5.49. The van der Waals surface area contributed by atoms with Crippen molar-refractivity contribution in [2.75, 3.05) is 20.3 Å². The summed E-state index contributed by atoms with van der Waals surface area (Å²) in [6.45, 7) is 2.22. The highest BCUT2D eigenvalue weighted by Crippen LogP contribution is 2.30. The minimum Gasteiger partial charge on any atom is -0.383 e.